The highest BCUT2D eigenvalue weighted by Crippen LogP contribution is 2.47. The van der Waals surface area contributed by atoms with E-state index < -0.39 is 0 Å². The first kappa shape index (κ1) is 9.53. The second-order valence-electron chi connectivity index (χ2n) is 3.79. The first-order valence-electron chi connectivity index (χ1n) is 5.18. The molecule has 76 valence electrons. The maximum absolute atomic E-state index is 8.95. The smallest absolute Gasteiger partial charge is 0.119 e. The largest absolute Gasteiger partial charge is 0.494 e. The highest BCUT2D eigenvalue weighted by molar-refractivity contribution is 5.32. The number of rotatable bonds is 4. The summed E-state index contributed by atoms with van der Waals surface area (Å²) in [5.74, 6) is 2.00. The summed E-state index contributed by atoms with van der Waals surface area (Å²) in [4.78, 5) is 0. The van der Waals surface area contributed by atoms with Gasteiger partial charge in [-0.2, -0.15) is 0 Å². The van der Waals surface area contributed by atoms with E-state index in [9.17, 15) is 0 Å². The van der Waals surface area contributed by atoms with Crippen molar-refractivity contribution in [2.45, 2.75) is 19.3 Å². The fraction of sp³-hybridized carbons (Fsp3) is 0.500. The number of hydrogen-bond acceptors (Lipinski definition) is 2. The molecule has 0 aromatic heterocycles. The summed E-state index contributed by atoms with van der Waals surface area (Å²) < 4.78 is 5.36. The summed E-state index contributed by atoms with van der Waals surface area (Å²) >= 11 is 0. The van der Waals surface area contributed by atoms with Crippen LogP contribution in [0.3, 0.4) is 0 Å². The van der Waals surface area contributed by atoms with Crippen LogP contribution in [0, 0.1) is 5.92 Å². The van der Waals surface area contributed by atoms with E-state index in [0.29, 0.717) is 25.0 Å². The van der Waals surface area contributed by atoms with Crippen LogP contribution in [-0.2, 0) is 0 Å². The molecule has 1 N–H and O–H groups in total. The van der Waals surface area contributed by atoms with Gasteiger partial charge in [-0.3, -0.25) is 0 Å². The van der Waals surface area contributed by atoms with Gasteiger partial charge in [0.05, 0.1) is 6.61 Å². The molecule has 0 amide bonds. The Morgan fingerprint density at radius 1 is 1.36 bits per heavy atom. The fourth-order valence-corrected chi connectivity index (χ4v) is 1.84. The summed E-state index contributed by atoms with van der Waals surface area (Å²) in [6, 6.07) is 8.22. The molecule has 0 heterocycles. The van der Waals surface area contributed by atoms with Gasteiger partial charge in [0.2, 0.25) is 0 Å². The third-order valence-corrected chi connectivity index (χ3v) is 2.78. The molecule has 14 heavy (non-hydrogen) atoms. The third-order valence-electron chi connectivity index (χ3n) is 2.78. The molecule has 0 spiro atoms. The van der Waals surface area contributed by atoms with E-state index in [-0.39, 0.29) is 0 Å². The van der Waals surface area contributed by atoms with Gasteiger partial charge in [0.15, 0.2) is 0 Å². The number of benzene rings is 1. The van der Waals surface area contributed by atoms with Crippen molar-refractivity contribution in [3.63, 3.8) is 0 Å². The average Bonchev–Trinajstić information content (AvgIpc) is 2.99. The molecular weight excluding hydrogens is 176 g/mol. The Balaban J connectivity index is 2.00. The van der Waals surface area contributed by atoms with Crippen LogP contribution in [0.25, 0.3) is 0 Å². The lowest BCUT2D eigenvalue weighted by Gasteiger charge is -2.04. The zero-order valence-electron chi connectivity index (χ0n) is 8.44. The van der Waals surface area contributed by atoms with E-state index >= 15 is 0 Å². The van der Waals surface area contributed by atoms with Crippen molar-refractivity contribution < 1.29 is 9.84 Å². The normalized spacial score (nSPS) is 24.7. The lowest BCUT2D eigenvalue weighted by Crippen LogP contribution is -1.92. The lowest BCUT2D eigenvalue weighted by atomic mass is 10.1. The van der Waals surface area contributed by atoms with E-state index in [1.807, 2.05) is 19.1 Å². The Labute approximate surface area is 84.5 Å². The fourth-order valence-electron chi connectivity index (χ4n) is 1.84. The van der Waals surface area contributed by atoms with Gasteiger partial charge < -0.3 is 9.84 Å². The molecule has 1 aliphatic carbocycles. The van der Waals surface area contributed by atoms with Crippen molar-refractivity contribution >= 4 is 0 Å². The molecule has 2 heteroatoms. The van der Waals surface area contributed by atoms with E-state index in [0.717, 1.165) is 12.2 Å². The molecule has 2 nitrogen and oxygen atoms in total. The van der Waals surface area contributed by atoms with Crippen molar-refractivity contribution in [3.05, 3.63) is 29.8 Å². The van der Waals surface area contributed by atoms with Crippen LogP contribution in [-0.4, -0.2) is 18.3 Å². The van der Waals surface area contributed by atoms with Crippen LogP contribution in [0.5, 0.6) is 5.75 Å². The Morgan fingerprint density at radius 3 is 2.57 bits per heavy atom. The van der Waals surface area contributed by atoms with E-state index in [4.69, 9.17) is 9.84 Å². The highest BCUT2D eigenvalue weighted by Gasteiger charge is 2.37. The van der Waals surface area contributed by atoms with Crippen molar-refractivity contribution in [3.8, 4) is 5.75 Å². The predicted octanol–water partition coefficient (Wildman–Crippen LogP) is 2.18. The van der Waals surface area contributed by atoms with Crippen LogP contribution in [0.4, 0.5) is 0 Å². The number of aliphatic hydroxyl groups is 1. The quantitative estimate of drug-likeness (QED) is 0.792. The first-order valence-corrected chi connectivity index (χ1v) is 5.18. The van der Waals surface area contributed by atoms with Crippen LogP contribution in [0.15, 0.2) is 24.3 Å². The van der Waals surface area contributed by atoms with E-state index in [2.05, 4.69) is 12.1 Å². The van der Waals surface area contributed by atoms with E-state index in [1.165, 1.54) is 5.56 Å². The van der Waals surface area contributed by atoms with Crippen molar-refractivity contribution in [1.29, 1.82) is 0 Å². The molecule has 0 aliphatic heterocycles. The van der Waals surface area contributed by atoms with Gasteiger partial charge in [0.1, 0.15) is 5.75 Å². The maximum Gasteiger partial charge on any atom is 0.119 e. The minimum Gasteiger partial charge on any atom is -0.494 e. The van der Waals surface area contributed by atoms with Gasteiger partial charge in [0, 0.05) is 6.61 Å². The summed E-state index contributed by atoms with van der Waals surface area (Å²) in [5.41, 5.74) is 1.33. The topological polar surface area (TPSA) is 29.5 Å². The molecule has 1 aromatic carbocycles. The molecule has 0 unspecified atom stereocenters. The second-order valence-corrected chi connectivity index (χ2v) is 3.79. The van der Waals surface area contributed by atoms with Gasteiger partial charge in [-0.1, -0.05) is 12.1 Å². The van der Waals surface area contributed by atoms with Crippen LogP contribution < -0.4 is 4.74 Å². The molecule has 0 bridgehead atoms. The predicted molar refractivity (Wildman–Crippen MR) is 55.5 cm³/mol. The average molecular weight is 192 g/mol. The molecule has 1 saturated carbocycles. The van der Waals surface area contributed by atoms with Gasteiger partial charge in [-0.15, -0.1) is 0 Å². The van der Waals surface area contributed by atoms with Crippen LogP contribution >= 0.6 is 0 Å². The van der Waals surface area contributed by atoms with Gasteiger partial charge in [0.25, 0.3) is 0 Å². The minimum atomic E-state index is 0.317. The molecule has 0 radical (unpaired) electrons. The number of aliphatic hydroxyl groups excluding tert-OH is 1. The van der Waals surface area contributed by atoms with Gasteiger partial charge in [-0.05, 0) is 42.9 Å². The summed E-state index contributed by atoms with van der Waals surface area (Å²) in [6.45, 7) is 3.01. The standard InChI is InChI=1S/C12H16O2/c1-2-14-11-5-3-9(4-6-11)12-7-10(12)8-13/h3-6,10,12-13H,2,7-8H2,1H3/t10-,12+/m1/s1. The zero-order valence-corrected chi connectivity index (χ0v) is 8.44. The minimum absolute atomic E-state index is 0.317. The molecule has 0 saturated heterocycles. The molecule has 1 aliphatic rings. The first-order chi connectivity index (χ1) is 6.85. The number of hydrogen-bond donors (Lipinski definition) is 1. The second kappa shape index (κ2) is 4.01. The van der Waals surface area contributed by atoms with Gasteiger partial charge in [-0.25, -0.2) is 0 Å². The number of ether oxygens (including phenoxy) is 1. The SMILES string of the molecule is CCOc1ccc([C@@H]2C[C@@H]2CO)cc1. The summed E-state index contributed by atoms with van der Waals surface area (Å²) in [6.07, 6.45) is 1.13. The Bertz CT molecular complexity index is 292. The summed E-state index contributed by atoms with van der Waals surface area (Å²) in [7, 11) is 0. The lowest BCUT2D eigenvalue weighted by molar-refractivity contribution is 0.274. The molecule has 2 rings (SSSR count). The highest BCUT2D eigenvalue weighted by atomic mass is 16.5. The molecule has 1 aromatic rings. The maximum atomic E-state index is 8.95. The summed E-state index contributed by atoms with van der Waals surface area (Å²) in [5, 5.41) is 8.95. The molecular formula is C12H16O2. The van der Waals surface area contributed by atoms with Crippen molar-refractivity contribution in [1.82, 2.24) is 0 Å². The Morgan fingerprint density at radius 2 is 2.07 bits per heavy atom. The van der Waals surface area contributed by atoms with Crippen molar-refractivity contribution in [2.24, 2.45) is 5.92 Å². The monoisotopic (exact) mass is 192 g/mol. The Kier molecular flexibility index (Phi) is 2.73. The zero-order chi connectivity index (χ0) is 9.97. The van der Waals surface area contributed by atoms with Crippen LogP contribution in [0.2, 0.25) is 0 Å². The molecule has 2 atom stereocenters. The molecule has 1 fully saturated rings. The Hall–Kier alpha value is -1.02. The third kappa shape index (κ3) is 1.90. The van der Waals surface area contributed by atoms with E-state index in [1.54, 1.807) is 0 Å². The van der Waals surface area contributed by atoms with Crippen molar-refractivity contribution in [2.75, 3.05) is 13.2 Å². The van der Waals surface area contributed by atoms with Gasteiger partial charge >= 0.3 is 0 Å². The van der Waals surface area contributed by atoms with Crippen LogP contribution in [0.1, 0.15) is 24.8 Å².